The van der Waals surface area contributed by atoms with Crippen LogP contribution < -0.4 is 5.73 Å². The molecule has 0 aromatic carbocycles. The van der Waals surface area contributed by atoms with Gasteiger partial charge in [-0.15, -0.1) is 0 Å². The molecule has 0 aliphatic heterocycles. The Hall–Kier alpha value is -1.45. The van der Waals surface area contributed by atoms with Gasteiger partial charge in [0.2, 0.25) is 5.91 Å². The Kier molecular flexibility index (Phi) is 2.32. The van der Waals surface area contributed by atoms with Gasteiger partial charge in [0.25, 0.3) is 0 Å². The molecule has 1 aromatic rings. The molecule has 70 valence electrons. The minimum absolute atomic E-state index is 0.384. The second-order valence-corrected chi connectivity index (χ2v) is 3.53. The second-order valence-electron chi connectivity index (χ2n) is 3.53. The first kappa shape index (κ1) is 9.64. The predicted octanol–water partition coefficient (Wildman–Crippen LogP) is 0.548. The van der Waals surface area contributed by atoms with Gasteiger partial charge >= 0.3 is 0 Å². The quantitative estimate of drug-likeness (QED) is 0.720. The van der Waals surface area contributed by atoms with Crippen molar-refractivity contribution < 1.29 is 4.79 Å². The highest BCUT2D eigenvalue weighted by Gasteiger charge is 2.28. The summed E-state index contributed by atoms with van der Waals surface area (Å²) in [5.41, 5.74) is 6.02. The van der Waals surface area contributed by atoms with Crippen molar-refractivity contribution in [2.24, 2.45) is 5.73 Å². The first-order valence-corrected chi connectivity index (χ1v) is 4.03. The van der Waals surface area contributed by atoms with E-state index in [1.165, 1.54) is 6.33 Å². The highest BCUT2D eigenvalue weighted by molar-refractivity contribution is 5.85. The molecule has 1 aromatic heterocycles. The lowest BCUT2D eigenvalue weighted by molar-refractivity contribution is -0.122. The number of hydrogen-bond acceptors (Lipinski definition) is 3. The topological polar surface area (TPSA) is 68.9 Å². The van der Waals surface area contributed by atoms with E-state index >= 15 is 0 Å². The average molecular weight is 179 g/mol. The zero-order valence-corrected chi connectivity index (χ0v) is 8.03. The molecule has 0 saturated carbocycles. The highest BCUT2D eigenvalue weighted by Crippen LogP contribution is 2.19. The van der Waals surface area contributed by atoms with E-state index in [0.29, 0.717) is 5.69 Å². The lowest BCUT2D eigenvalue weighted by atomic mass is 9.88. The summed E-state index contributed by atoms with van der Waals surface area (Å²) >= 11 is 0. The first-order chi connectivity index (χ1) is 5.94. The van der Waals surface area contributed by atoms with Gasteiger partial charge in [-0.3, -0.25) is 4.79 Å². The number of hydrogen-bond donors (Lipinski definition) is 1. The van der Waals surface area contributed by atoms with Crippen molar-refractivity contribution in [2.75, 3.05) is 0 Å². The van der Waals surface area contributed by atoms with E-state index in [2.05, 4.69) is 9.97 Å². The Morgan fingerprint density at radius 1 is 1.46 bits per heavy atom. The fourth-order valence-corrected chi connectivity index (χ4v) is 0.923. The molecule has 4 nitrogen and oxygen atoms in total. The van der Waals surface area contributed by atoms with Crippen LogP contribution in [0.25, 0.3) is 0 Å². The van der Waals surface area contributed by atoms with Gasteiger partial charge in [0.15, 0.2) is 0 Å². The second kappa shape index (κ2) is 3.12. The SMILES string of the molecule is Cc1cc(C(C)(C)C(N)=O)ncn1. The van der Waals surface area contributed by atoms with Crippen LogP contribution in [-0.4, -0.2) is 15.9 Å². The Morgan fingerprint density at radius 2 is 2.08 bits per heavy atom. The lowest BCUT2D eigenvalue weighted by Crippen LogP contribution is -2.36. The molecule has 1 amide bonds. The lowest BCUT2D eigenvalue weighted by Gasteiger charge is -2.19. The van der Waals surface area contributed by atoms with Gasteiger partial charge in [-0.05, 0) is 26.8 Å². The van der Waals surface area contributed by atoms with E-state index in [1.807, 2.05) is 6.92 Å². The maximum absolute atomic E-state index is 11.1. The van der Waals surface area contributed by atoms with Crippen LogP contribution in [0.2, 0.25) is 0 Å². The third kappa shape index (κ3) is 1.83. The van der Waals surface area contributed by atoms with Crippen LogP contribution in [0.3, 0.4) is 0 Å². The molecule has 13 heavy (non-hydrogen) atoms. The van der Waals surface area contributed by atoms with Crippen LogP contribution in [0.1, 0.15) is 25.2 Å². The fraction of sp³-hybridized carbons (Fsp3) is 0.444. The number of primary amides is 1. The third-order valence-corrected chi connectivity index (χ3v) is 2.06. The minimum Gasteiger partial charge on any atom is -0.369 e. The van der Waals surface area contributed by atoms with E-state index in [4.69, 9.17) is 5.73 Å². The molecule has 2 N–H and O–H groups in total. The van der Waals surface area contributed by atoms with Crippen molar-refractivity contribution in [2.45, 2.75) is 26.2 Å². The number of amides is 1. The number of aromatic nitrogens is 2. The van der Waals surface area contributed by atoms with Gasteiger partial charge < -0.3 is 5.73 Å². The number of carbonyl (C=O) groups excluding carboxylic acids is 1. The van der Waals surface area contributed by atoms with E-state index in [0.717, 1.165) is 5.69 Å². The van der Waals surface area contributed by atoms with Gasteiger partial charge in [-0.25, -0.2) is 9.97 Å². The predicted molar refractivity (Wildman–Crippen MR) is 49.0 cm³/mol. The summed E-state index contributed by atoms with van der Waals surface area (Å²) in [4.78, 5) is 19.1. The molecule has 0 radical (unpaired) electrons. The molecule has 1 heterocycles. The summed E-state index contributed by atoms with van der Waals surface area (Å²) in [6.45, 7) is 5.34. The maximum Gasteiger partial charge on any atom is 0.229 e. The highest BCUT2D eigenvalue weighted by atomic mass is 16.1. The summed E-state index contributed by atoms with van der Waals surface area (Å²) in [5.74, 6) is -0.384. The van der Waals surface area contributed by atoms with Crippen molar-refractivity contribution in [3.63, 3.8) is 0 Å². The smallest absolute Gasteiger partial charge is 0.229 e. The third-order valence-electron chi connectivity index (χ3n) is 2.06. The first-order valence-electron chi connectivity index (χ1n) is 4.03. The number of nitrogens with two attached hydrogens (primary N) is 1. The van der Waals surface area contributed by atoms with E-state index in [9.17, 15) is 4.79 Å². The van der Waals surface area contributed by atoms with Crippen LogP contribution >= 0.6 is 0 Å². The van der Waals surface area contributed by atoms with Crippen molar-refractivity contribution in [3.05, 3.63) is 23.8 Å². The van der Waals surface area contributed by atoms with E-state index in [1.54, 1.807) is 19.9 Å². The van der Waals surface area contributed by atoms with E-state index in [-0.39, 0.29) is 5.91 Å². The molecule has 0 aliphatic carbocycles. The van der Waals surface area contributed by atoms with Crippen molar-refractivity contribution in [3.8, 4) is 0 Å². The Morgan fingerprint density at radius 3 is 2.54 bits per heavy atom. The number of carbonyl (C=O) groups is 1. The number of aryl methyl sites for hydroxylation is 1. The van der Waals surface area contributed by atoms with Gasteiger partial charge in [-0.2, -0.15) is 0 Å². The molecule has 0 bridgehead atoms. The van der Waals surface area contributed by atoms with Crippen molar-refractivity contribution in [1.29, 1.82) is 0 Å². The summed E-state index contributed by atoms with van der Waals surface area (Å²) < 4.78 is 0. The molecular weight excluding hydrogens is 166 g/mol. The molecule has 0 saturated heterocycles. The minimum atomic E-state index is -0.728. The molecule has 0 spiro atoms. The number of nitrogens with zero attached hydrogens (tertiary/aromatic N) is 2. The summed E-state index contributed by atoms with van der Waals surface area (Å²) in [7, 11) is 0. The van der Waals surface area contributed by atoms with E-state index < -0.39 is 5.41 Å². The zero-order valence-electron chi connectivity index (χ0n) is 8.03. The summed E-state index contributed by atoms with van der Waals surface area (Å²) in [6, 6.07) is 1.77. The Balaban J connectivity index is 3.14. The molecule has 0 aliphatic rings. The zero-order chi connectivity index (χ0) is 10.1. The molecular formula is C9H13N3O. The fourth-order valence-electron chi connectivity index (χ4n) is 0.923. The van der Waals surface area contributed by atoms with Crippen LogP contribution in [0.5, 0.6) is 0 Å². The van der Waals surface area contributed by atoms with Crippen molar-refractivity contribution >= 4 is 5.91 Å². The number of rotatable bonds is 2. The molecule has 0 unspecified atom stereocenters. The standard InChI is InChI=1S/C9H13N3O/c1-6-4-7(12-5-11-6)9(2,3)8(10)13/h4-5H,1-3H3,(H2,10,13). The molecule has 0 fully saturated rings. The molecule has 0 atom stereocenters. The molecule has 4 heteroatoms. The van der Waals surface area contributed by atoms with Gasteiger partial charge in [0, 0.05) is 5.69 Å². The Bertz CT molecular complexity index is 333. The maximum atomic E-state index is 11.1. The van der Waals surface area contributed by atoms with Gasteiger partial charge in [0.05, 0.1) is 11.1 Å². The molecule has 1 rings (SSSR count). The van der Waals surface area contributed by atoms with Crippen LogP contribution in [0, 0.1) is 6.92 Å². The van der Waals surface area contributed by atoms with Crippen molar-refractivity contribution in [1.82, 2.24) is 9.97 Å². The normalized spacial score (nSPS) is 11.3. The van der Waals surface area contributed by atoms with Crippen LogP contribution in [-0.2, 0) is 10.2 Å². The summed E-state index contributed by atoms with van der Waals surface area (Å²) in [5, 5.41) is 0. The largest absolute Gasteiger partial charge is 0.369 e. The van der Waals surface area contributed by atoms with Gasteiger partial charge in [0.1, 0.15) is 6.33 Å². The Labute approximate surface area is 77.2 Å². The van der Waals surface area contributed by atoms with Crippen LogP contribution in [0.15, 0.2) is 12.4 Å². The van der Waals surface area contributed by atoms with Gasteiger partial charge in [-0.1, -0.05) is 0 Å². The monoisotopic (exact) mass is 179 g/mol. The summed E-state index contributed by atoms with van der Waals surface area (Å²) in [6.07, 6.45) is 1.44. The van der Waals surface area contributed by atoms with Crippen LogP contribution in [0.4, 0.5) is 0 Å². The average Bonchev–Trinajstić information content (AvgIpc) is 2.04.